The molecule has 0 bridgehead atoms. The van der Waals surface area contributed by atoms with Crippen molar-refractivity contribution in [3.05, 3.63) is 63.9 Å². The summed E-state index contributed by atoms with van der Waals surface area (Å²) in [5.41, 5.74) is 9.55. The van der Waals surface area contributed by atoms with Crippen LogP contribution in [0.25, 0.3) is 0 Å². The lowest BCUT2D eigenvalue weighted by atomic mass is 10.0. The molecule has 2 rings (SSSR count). The fourth-order valence-electron chi connectivity index (χ4n) is 1.86. The normalized spacial score (nSPS) is 12.4. The first-order chi connectivity index (χ1) is 8.16. The average Bonchev–Trinajstić information content (AvgIpc) is 2.32. The Morgan fingerprint density at radius 2 is 1.94 bits per heavy atom. The van der Waals surface area contributed by atoms with Crippen LogP contribution in [-0.2, 0) is 6.42 Å². The van der Waals surface area contributed by atoms with Crippen molar-refractivity contribution in [3.8, 4) is 0 Å². The highest BCUT2D eigenvalue weighted by molar-refractivity contribution is 9.10. The first-order valence-corrected chi connectivity index (χ1v) is 6.37. The van der Waals surface area contributed by atoms with Gasteiger partial charge in [-0.2, -0.15) is 0 Å². The minimum Gasteiger partial charge on any atom is -0.322 e. The highest BCUT2D eigenvalue weighted by Gasteiger charge is 2.10. The molecule has 17 heavy (non-hydrogen) atoms. The minimum absolute atomic E-state index is 0.0441. The molecule has 0 spiro atoms. The summed E-state index contributed by atoms with van der Waals surface area (Å²) in [5.74, 6) is 0. The second-order valence-electron chi connectivity index (χ2n) is 4.14. The zero-order chi connectivity index (χ0) is 12.3. The van der Waals surface area contributed by atoms with Gasteiger partial charge < -0.3 is 5.73 Å². The van der Waals surface area contributed by atoms with E-state index in [9.17, 15) is 0 Å². The molecule has 2 N–H and O–H groups in total. The van der Waals surface area contributed by atoms with Gasteiger partial charge in [0.2, 0.25) is 0 Å². The Bertz CT molecular complexity index is 494. The van der Waals surface area contributed by atoms with Crippen molar-refractivity contribution in [1.82, 2.24) is 4.98 Å². The maximum Gasteiger partial charge on any atom is 0.0603 e. The lowest BCUT2D eigenvalue weighted by molar-refractivity contribution is 0.690. The molecule has 1 unspecified atom stereocenters. The largest absolute Gasteiger partial charge is 0.322 e. The number of rotatable bonds is 3. The Morgan fingerprint density at radius 3 is 2.59 bits per heavy atom. The number of hydrogen-bond donors (Lipinski definition) is 1. The first kappa shape index (κ1) is 12.3. The Balaban J connectivity index is 2.14. The number of hydrogen-bond acceptors (Lipinski definition) is 2. The van der Waals surface area contributed by atoms with Crippen LogP contribution >= 0.6 is 15.9 Å². The Kier molecular flexibility index (Phi) is 3.92. The van der Waals surface area contributed by atoms with Crippen LogP contribution in [0.15, 0.2) is 47.1 Å². The summed E-state index contributed by atoms with van der Waals surface area (Å²) >= 11 is 3.42. The van der Waals surface area contributed by atoms with Crippen molar-refractivity contribution >= 4 is 15.9 Å². The van der Waals surface area contributed by atoms with Gasteiger partial charge in [0.25, 0.3) is 0 Å². The molecule has 0 amide bonds. The summed E-state index contributed by atoms with van der Waals surface area (Å²) in [5, 5.41) is 0. The summed E-state index contributed by atoms with van der Waals surface area (Å²) in [7, 11) is 0. The minimum atomic E-state index is -0.0441. The van der Waals surface area contributed by atoms with Gasteiger partial charge in [0, 0.05) is 10.7 Å². The summed E-state index contributed by atoms with van der Waals surface area (Å²) < 4.78 is 1.09. The predicted molar refractivity (Wildman–Crippen MR) is 73.7 cm³/mol. The Labute approximate surface area is 110 Å². The average molecular weight is 291 g/mol. The number of halogens is 1. The van der Waals surface area contributed by atoms with Gasteiger partial charge in [-0.05, 0) is 42.7 Å². The van der Waals surface area contributed by atoms with E-state index in [-0.39, 0.29) is 6.04 Å². The van der Waals surface area contributed by atoms with E-state index in [0.717, 1.165) is 22.2 Å². The molecule has 0 saturated carbocycles. The summed E-state index contributed by atoms with van der Waals surface area (Å²) in [4.78, 5) is 4.36. The second-order valence-corrected chi connectivity index (χ2v) is 5.06. The van der Waals surface area contributed by atoms with Gasteiger partial charge in [-0.25, -0.2) is 0 Å². The van der Waals surface area contributed by atoms with E-state index in [0.29, 0.717) is 0 Å². The number of pyridine rings is 1. The van der Waals surface area contributed by atoms with Gasteiger partial charge in [0.1, 0.15) is 0 Å². The molecule has 1 atom stereocenters. The van der Waals surface area contributed by atoms with Gasteiger partial charge in [-0.3, -0.25) is 4.98 Å². The SMILES string of the molecule is Cc1cccnc1C(N)Cc1ccc(Br)cc1. The standard InChI is InChI=1S/C14H15BrN2/c1-10-3-2-8-17-14(10)13(16)9-11-4-6-12(15)7-5-11/h2-8,13H,9,16H2,1H3. The molecule has 0 fully saturated rings. The number of aromatic nitrogens is 1. The molecule has 0 saturated heterocycles. The molecule has 1 aromatic carbocycles. The maximum atomic E-state index is 6.19. The van der Waals surface area contributed by atoms with Gasteiger partial charge in [0.05, 0.1) is 11.7 Å². The molecular weight excluding hydrogens is 276 g/mol. The van der Waals surface area contributed by atoms with Crippen LogP contribution in [0.5, 0.6) is 0 Å². The molecule has 2 aromatic rings. The van der Waals surface area contributed by atoms with Crippen LogP contribution in [-0.4, -0.2) is 4.98 Å². The first-order valence-electron chi connectivity index (χ1n) is 5.58. The van der Waals surface area contributed by atoms with Crippen molar-refractivity contribution in [3.63, 3.8) is 0 Å². The van der Waals surface area contributed by atoms with E-state index in [2.05, 4.69) is 33.0 Å². The van der Waals surface area contributed by atoms with Crippen LogP contribution < -0.4 is 5.73 Å². The molecule has 2 nitrogen and oxygen atoms in total. The zero-order valence-electron chi connectivity index (χ0n) is 9.73. The smallest absolute Gasteiger partial charge is 0.0603 e. The fourth-order valence-corrected chi connectivity index (χ4v) is 2.12. The molecule has 3 heteroatoms. The number of aryl methyl sites for hydroxylation is 1. The molecule has 0 radical (unpaired) electrons. The van der Waals surface area contributed by atoms with Crippen molar-refractivity contribution in [2.45, 2.75) is 19.4 Å². The number of benzene rings is 1. The van der Waals surface area contributed by atoms with Crippen LogP contribution in [0.1, 0.15) is 22.9 Å². The van der Waals surface area contributed by atoms with E-state index in [1.165, 1.54) is 5.56 Å². The van der Waals surface area contributed by atoms with Crippen LogP contribution in [0, 0.1) is 6.92 Å². The third-order valence-electron chi connectivity index (χ3n) is 2.77. The zero-order valence-corrected chi connectivity index (χ0v) is 11.3. The molecule has 1 heterocycles. The van der Waals surface area contributed by atoms with Crippen LogP contribution in [0.2, 0.25) is 0 Å². The van der Waals surface area contributed by atoms with E-state index < -0.39 is 0 Å². The van der Waals surface area contributed by atoms with E-state index in [1.807, 2.05) is 31.2 Å². The lowest BCUT2D eigenvalue weighted by Gasteiger charge is -2.13. The van der Waals surface area contributed by atoms with Gasteiger partial charge in [-0.15, -0.1) is 0 Å². The molecule has 1 aromatic heterocycles. The molecular formula is C14H15BrN2. The number of nitrogens with two attached hydrogens (primary N) is 1. The fraction of sp³-hybridized carbons (Fsp3) is 0.214. The highest BCUT2D eigenvalue weighted by Crippen LogP contribution is 2.18. The van der Waals surface area contributed by atoms with Crippen molar-refractivity contribution in [2.24, 2.45) is 5.73 Å². The summed E-state index contributed by atoms with van der Waals surface area (Å²) in [6.07, 6.45) is 2.61. The highest BCUT2D eigenvalue weighted by atomic mass is 79.9. The van der Waals surface area contributed by atoms with Crippen molar-refractivity contribution < 1.29 is 0 Å². The summed E-state index contributed by atoms with van der Waals surface area (Å²) in [6, 6.07) is 12.2. The van der Waals surface area contributed by atoms with Crippen LogP contribution in [0.3, 0.4) is 0 Å². The van der Waals surface area contributed by atoms with Gasteiger partial charge in [-0.1, -0.05) is 34.1 Å². The summed E-state index contributed by atoms with van der Waals surface area (Å²) in [6.45, 7) is 2.05. The van der Waals surface area contributed by atoms with Gasteiger partial charge >= 0.3 is 0 Å². The predicted octanol–water partition coefficient (Wildman–Crippen LogP) is 3.40. The van der Waals surface area contributed by atoms with Gasteiger partial charge in [0.15, 0.2) is 0 Å². The van der Waals surface area contributed by atoms with E-state index in [4.69, 9.17) is 5.73 Å². The van der Waals surface area contributed by atoms with Crippen molar-refractivity contribution in [2.75, 3.05) is 0 Å². The van der Waals surface area contributed by atoms with E-state index >= 15 is 0 Å². The second kappa shape index (κ2) is 5.43. The quantitative estimate of drug-likeness (QED) is 0.941. The molecule has 0 aliphatic rings. The number of nitrogens with zero attached hydrogens (tertiary/aromatic N) is 1. The Hall–Kier alpha value is -1.19. The Morgan fingerprint density at radius 1 is 1.24 bits per heavy atom. The molecule has 0 aliphatic heterocycles. The lowest BCUT2D eigenvalue weighted by Crippen LogP contribution is -2.16. The third kappa shape index (κ3) is 3.14. The van der Waals surface area contributed by atoms with Crippen molar-refractivity contribution in [1.29, 1.82) is 0 Å². The maximum absolute atomic E-state index is 6.19. The van der Waals surface area contributed by atoms with E-state index in [1.54, 1.807) is 6.20 Å². The van der Waals surface area contributed by atoms with Crippen LogP contribution in [0.4, 0.5) is 0 Å². The third-order valence-corrected chi connectivity index (χ3v) is 3.30. The topological polar surface area (TPSA) is 38.9 Å². The molecule has 0 aliphatic carbocycles. The molecule has 88 valence electrons. The monoisotopic (exact) mass is 290 g/mol.